The van der Waals surface area contributed by atoms with Gasteiger partial charge in [0.05, 0.1) is 0 Å². The number of nitrogens with one attached hydrogen (secondary N) is 1. The second-order valence-corrected chi connectivity index (χ2v) is 4.09. The molecule has 0 aromatic carbocycles. The quantitative estimate of drug-likeness (QED) is 0.719. The third-order valence-corrected chi connectivity index (χ3v) is 2.49. The molecule has 1 fully saturated rings. The number of nitrogens with zero attached hydrogens (tertiary/aromatic N) is 2. The standard InChI is InChI=1S/C10H14F2N4O/c11-9(12)6(17)4-14-8-3-7(13)15-10(16-8)5-1-2-5/h3,5-6,9,17H,1-2,4H2,(H3,13,14,15,16). The number of hydrogen-bond donors (Lipinski definition) is 3. The van der Waals surface area contributed by atoms with Crippen molar-refractivity contribution in [3.05, 3.63) is 11.9 Å². The first kappa shape index (κ1) is 12.0. The lowest BCUT2D eigenvalue weighted by molar-refractivity contribution is 0.00380. The van der Waals surface area contributed by atoms with Crippen LogP contribution in [0, 0.1) is 0 Å². The van der Waals surface area contributed by atoms with Gasteiger partial charge < -0.3 is 16.2 Å². The predicted molar refractivity (Wildman–Crippen MR) is 58.9 cm³/mol. The molecule has 1 aromatic rings. The van der Waals surface area contributed by atoms with E-state index in [1.165, 1.54) is 6.07 Å². The Morgan fingerprint density at radius 2 is 2.18 bits per heavy atom. The van der Waals surface area contributed by atoms with Crippen LogP contribution in [0.5, 0.6) is 0 Å². The van der Waals surface area contributed by atoms with Gasteiger partial charge in [0.15, 0.2) is 0 Å². The first-order chi connectivity index (χ1) is 8.06. The predicted octanol–water partition coefficient (Wildman–Crippen LogP) is 0.974. The van der Waals surface area contributed by atoms with E-state index in [1.54, 1.807) is 0 Å². The first-order valence-electron chi connectivity index (χ1n) is 5.41. The van der Waals surface area contributed by atoms with Crippen molar-refractivity contribution in [3.63, 3.8) is 0 Å². The minimum atomic E-state index is -2.77. The van der Waals surface area contributed by atoms with E-state index in [0.29, 0.717) is 23.4 Å². The molecule has 1 aliphatic rings. The Morgan fingerprint density at radius 3 is 2.76 bits per heavy atom. The number of nitrogens with two attached hydrogens (primary N) is 1. The van der Waals surface area contributed by atoms with Gasteiger partial charge in [-0.3, -0.25) is 0 Å². The molecule has 4 N–H and O–H groups in total. The monoisotopic (exact) mass is 244 g/mol. The van der Waals surface area contributed by atoms with Crippen LogP contribution >= 0.6 is 0 Å². The molecule has 0 amide bonds. The van der Waals surface area contributed by atoms with Gasteiger partial charge in [-0.2, -0.15) is 0 Å². The third-order valence-electron chi connectivity index (χ3n) is 2.49. The Balaban J connectivity index is 2.00. The van der Waals surface area contributed by atoms with Crippen LogP contribution in [0.15, 0.2) is 6.07 Å². The molecule has 94 valence electrons. The summed E-state index contributed by atoms with van der Waals surface area (Å²) < 4.78 is 24.2. The van der Waals surface area contributed by atoms with E-state index in [1.807, 2.05) is 0 Å². The van der Waals surface area contributed by atoms with Crippen LogP contribution < -0.4 is 11.1 Å². The highest BCUT2D eigenvalue weighted by Gasteiger charge is 2.27. The van der Waals surface area contributed by atoms with Crippen LogP contribution in [0.3, 0.4) is 0 Å². The fraction of sp³-hybridized carbons (Fsp3) is 0.600. The Hall–Kier alpha value is -1.50. The van der Waals surface area contributed by atoms with Crippen molar-refractivity contribution >= 4 is 11.6 Å². The van der Waals surface area contributed by atoms with Gasteiger partial charge in [0.2, 0.25) is 0 Å². The molecule has 0 saturated heterocycles. The normalized spacial score (nSPS) is 17.2. The number of nitrogen functional groups attached to an aromatic ring is 1. The van der Waals surface area contributed by atoms with E-state index >= 15 is 0 Å². The summed E-state index contributed by atoms with van der Waals surface area (Å²) in [6, 6.07) is 1.46. The third kappa shape index (κ3) is 3.23. The van der Waals surface area contributed by atoms with Gasteiger partial charge in [0.1, 0.15) is 23.6 Å². The smallest absolute Gasteiger partial charge is 0.265 e. The van der Waals surface area contributed by atoms with Crippen molar-refractivity contribution in [2.75, 3.05) is 17.6 Å². The molecule has 1 aromatic heterocycles. The van der Waals surface area contributed by atoms with Gasteiger partial charge in [0, 0.05) is 18.5 Å². The molecule has 2 rings (SSSR count). The maximum absolute atomic E-state index is 12.1. The number of anilines is 2. The molecule has 7 heteroatoms. The largest absolute Gasteiger partial charge is 0.385 e. The number of alkyl halides is 2. The number of aromatic nitrogens is 2. The summed E-state index contributed by atoms with van der Waals surface area (Å²) in [4.78, 5) is 8.24. The van der Waals surface area contributed by atoms with E-state index in [4.69, 9.17) is 10.8 Å². The number of aliphatic hydroxyl groups excluding tert-OH is 1. The summed E-state index contributed by atoms with van der Waals surface area (Å²) in [7, 11) is 0. The number of rotatable bonds is 5. The minimum absolute atomic E-state index is 0.266. The molecule has 1 heterocycles. The van der Waals surface area contributed by atoms with Crippen LogP contribution in [0.4, 0.5) is 20.4 Å². The van der Waals surface area contributed by atoms with Gasteiger partial charge in [-0.25, -0.2) is 18.7 Å². The van der Waals surface area contributed by atoms with E-state index < -0.39 is 12.5 Å². The maximum atomic E-state index is 12.1. The van der Waals surface area contributed by atoms with E-state index in [9.17, 15) is 8.78 Å². The van der Waals surface area contributed by atoms with Gasteiger partial charge >= 0.3 is 0 Å². The molecule has 5 nitrogen and oxygen atoms in total. The fourth-order valence-electron chi connectivity index (χ4n) is 1.40. The summed E-state index contributed by atoms with van der Waals surface area (Å²) in [5, 5.41) is 11.6. The average molecular weight is 244 g/mol. The van der Waals surface area contributed by atoms with E-state index in [2.05, 4.69) is 15.3 Å². The van der Waals surface area contributed by atoms with Gasteiger partial charge in [0.25, 0.3) is 6.43 Å². The molecule has 0 spiro atoms. The molecular formula is C10H14F2N4O. The maximum Gasteiger partial charge on any atom is 0.265 e. The fourth-order valence-corrected chi connectivity index (χ4v) is 1.40. The molecule has 1 saturated carbocycles. The summed E-state index contributed by atoms with van der Waals surface area (Å²) in [6.07, 6.45) is -2.43. The van der Waals surface area contributed by atoms with Gasteiger partial charge in [-0.05, 0) is 12.8 Å². The van der Waals surface area contributed by atoms with Crippen LogP contribution in [-0.2, 0) is 0 Å². The zero-order valence-electron chi connectivity index (χ0n) is 9.11. The lowest BCUT2D eigenvalue weighted by Crippen LogP contribution is -2.27. The van der Waals surface area contributed by atoms with E-state index in [-0.39, 0.29) is 6.54 Å². The molecule has 1 atom stereocenters. The second-order valence-electron chi connectivity index (χ2n) is 4.09. The van der Waals surface area contributed by atoms with Crippen molar-refractivity contribution in [1.29, 1.82) is 0 Å². The molecule has 1 aliphatic carbocycles. The zero-order chi connectivity index (χ0) is 12.4. The Kier molecular flexibility index (Phi) is 3.37. The van der Waals surface area contributed by atoms with Crippen LogP contribution in [0.2, 0.25) is 0 Å². The highest BCUT2D eigenvalue weighted by molar-refractivity contribution is 5.45. The number of halogens is 2. The topological polar surface area (TPSA) is 84.1 Å². The van der Waals surface area contributed by atoms with Crippen molar-refractivity contribution < 1.29 is 13.9 Å². The van der Waals surface area contributed by atoms with Crippen molar-refractivity contribution in [1.82, 2.24) is 9.97 Å². The summed E-state index contributed by atoms with van der Waals surface area (Å²) in [5.41, 5.74) is 5.59. The van der Waals surface area contributed by atoms with Crippen LogP contribution in [-0.4, -0.2) is 34.1 Å². The van der Waals surface area contributed by atoms with Gasteiger partial charge in [-0.15, -0.1) is 0 Å². The summed E-state index contributed by atoms with van der Waals surface area (Å²) in [5.74, 6) is 1.65. The summed E-state index contributed by atoms with van der Waals surface area (Å²) >= 11 is 0. The Bertz CT molecular complexity index is 398. The highest BCUT2D eigenvalue weighted by Crippen LogP contribution is 2.38. The van der Waals surface area contributed by atoms with Crippen molar-refractivity contribution in [2.45, 2.75) is 31.3 Å². The first-order valence-corrected chi connectivity index (χ1v) is 5.41. The minimum Gasteiger partial charge on any atom is -0.385 e. The molecule has 17 heavy (non-hydrogen) atoms. The molecular weight excluding hydrogens is 230 g/mol. The number of aliphatic hydroxyl groups is 1. The molecule has 0 bridgehead atoms. The Morgan fingerprint density at radius 1 is 1.47 bits per heavy atom. The summed E-state index contributed by atoms with van der Waals surface area (Å²) in [6.45, 7) is -0.266. The second kappa shape index (κ2) is 4.79. The van der Waals surface area contributed by atoms with E-state index in [0.717, 1.165) is 12.8 Å². The van der Waals surface area contributed by atoms with Crippen molar-refractivity contribution in [2.24, 2.45) is 0 Å². The molecule has 1 unspecified atom stereocenters. The zero-order valence-corrected chi connectivity index (χ0v) is 9.11. The molecule has 0 aliphatic heterocycles. The highest BCUT2D eigenvalue weighted by atomic mass is 19.3. The van der Waals surface area contributed by atoms with Crippen molar-refractivity contribution in [3.8, 4) is 0 Å². The Labute approximate surface area is 97.1 Å². The molecule has 0 radical (unpaired) electrons. The number of hydrogen-bond acceptors (Lipinski definition) is 5. The van der Waals surface area contributed by atoms with Gasteiger partial charge in [-0.1, -0.05) is 0 Å². The lowest BCUT2D eigenvalue weighted by Gasteiger charge is -2.12. The SMILES string of the molecule is Nc1cc(NCC(O)C(F)F)nc(C2CC2)n1. The lowest BCUT2D eigenvalue weighted by atomic mass is 10.3. The average Bonchev–Trinajstić information content (AvgIpc) is 3.08. The van der Waals surface area contributed by atoms with Crippen LogP contribution in [0.1, 0.15) is 24.6 Å². The van der Waals surface area contributed by atoms with Crippen LogP contribution in [0.25, 0.3) is 0 Å².